The van der Waals surface area contributed by atoms with E-state index in [0.29, 0.717) is 16.6 Å². The first kappa shape index (κ1) is 17.8. The Morgan fingerprint density at radius 2 is 1.92 bits per heavy atom. The highest BCUT2D eigenvalue weighted by Gasteiger charge is 2.31. The molecule has 132 valence electrons. The van der Waals surface area contributed by atoms with Crippen molar-refractivity contribution in [2.24, 2.45) is 0 Å². The summed E-state index contributed by atoms with van der Waals surface area (Å²) in [4.78, 5) is 19.1. The molecule has 2 aromatic rings. The summed E-state index contributed by atoms with van der Waals surface area (Å²) in [5, 5.41) is 10.2. The van der Waals surface area contributed by atoms with E-state index in [1.165, 1.54) is 10.5 Å². The molecule has 0 amide bonds. The summed E-state index contributed by atoms with van der Waals surface area (Å²) in [5.74, 6) is -0.433. The zero-order chi connectivity index (χ0) is 17.8. The summed E-state index contributed by atoms with van der Waals surface area (Å²) < 4.78 is 0. The SMILES string of the molecule is Cc1ccc(SC2CCN([C@H](C(=O)O)c3ccc(N)nc3)CC2)cc1. The van der Waals surface area contributed by atoms with E-state index in [9.17, 15) is 9.90 Å². The molecule has 3 N–H and O–H groups in total. The molecule has 1 aliphatic rings. The van der Waals surface area contributed by atoms with Gasteiger partial charge in [0.1, 0.15) is 11.9 Å². The van der Waals surface area contributed by atoms with Crippen molar-refractivity contribution in [2.45, 2.75) is 36.0 Å². The van der Waals surface area contributed by atoms with Crippen molar-refractivity contribution in [2.75, 3.05) is 18.8 Å². The highest BCUT2D eigenvalue weighted by Crippen LogP contribution is 2.33. The van der Waals surface area contributed by atoms with Crippen molar-refractivity contribution >= 4 is 23.5 Å². The van der Waals surface area contributed by atoms with Crippen LogP contribution < -0.4 is 5.73 Å². The highest BCUT2D eigenvalue weighted by atomic mass is 32.2. The Labute approximate surface area is 152 Å². The lowest BCUT2D eigenvalue weighted by Crippen LogP contribution is -2.40. The predicted octanol–water partition coefficient (Wildman–Crippen LogP) is 3.35. The number of hydrogen-bond acceptors (Lipinski definition) is 5. The van der Waals surface area contributed by atoms with Crippen LogP contribution in [0.3, 0.4) is 0 Å². The Hall–Kier alpha value is -2.05. The number of aliphatic carboxylic acids is 1. The lowest BCUT2D eigenvalue weighted by molar-refractivity contribution is -0.144. The summed E-state index contributed by atoms with van der Waals surface area (Å²) in [7, 11) is 0. The van der Waals surface area contributed by atoms with Crippen LogP contribution in [-0.4, -0.2) is 39.3 Å². The van der Waals surface area contributed by atoms with Crippen LogP contribution in [0.15, 0.2) is 47.5 Å². The fraction of sp³-hybridized carbons (Fsp3) is 0.368. The third kappa shape index (κ3) is 4.52. The Bertz CT molecular complexity index is 710. The number of benzene rings is 1. The fourth-order valence-electron chi connectivity index (χ4n) is 3.15. The molecule has 1 aromatic carbocycles. The number of aromatic nitrogens is 1. The number of hydrogen-bond donors (Lipinski definition) is 2. The number of nitrogen functional groups attached to an aromatic ring is 1. The molecule has 6 heteroatoms. The van der Waals surface area contributed by atoms with Crippen LogP contribution in [-0.2, 0) is 4.79 Å². The predicted molar refractivity (Wildman–Crippen MR) is 101 cm³/mol. The van der Waals surface area contributed by atoms with Gasteiger partial charge in [-0.15, -0.1) is 11.8 Å². The molecule has 25 heavy (non-hydrogen) atoms. The second kappa shape index (κ2) is 7.89. The van der Waals surface area contributed by atoms with Crippen LogP contribution in [0, 0.1) is 6.92 Å². The minimum absolute atomic E-state index is 0.404. The van der Waals surface area contributed by atoms with Crippen LogP contribution in [0.4, 0.5) is 5.82 Å². The van der Waals surface area contributed by atoms with Gasteiger partial charge < -0.3 is 10.8 Å². The summed E-state index contributed by atoms with van der Waals surface area (Å²) in [6, 6.07) is 11.3. The molecule has 0 saturated carbocycles. The molecule has 0 aliphatic carbocycles. The van der Waals surface area contributed by atoms with Gasteiger partial charge >= 0.3 is 5.97 Å². The molecular weight excluding hydrogens is 334 g/mol. The van der Waals surface area contributed by atoms with E-state index in [1.54, 1.807) is 18.3 Å². The molecule has 0 radical (unpaired) electrons. The number of nitrogens with two attached hydrogens (primary N) is 1. The van der Waals surface area contributed by atoms with Crippen LogP contribution in [0.1, 0.15) is 30.0 Å². The number of nitrogens with zero attached hydrogens (tertiary/aromatic N) is 2. The Morgan fingerprint density at radius 3 is 2.48 bits per heavy atom. The number of carbonyl (C=O) groups is 1. The van der Waals surface area contributed by atoms with Crippen LogP contribution >= 0.6 is 11.8 Å². The van der Waals surface area contributed by atoms with Gasteiger partial charge in [0.25, 0.3) is 0 Å². The Balaban J connectivity index is 1.62. The minimum Gasteiger partial charge on any atom is -0.480 e. The maximum Gasteiger partial charge on any atom is 0.325 e. The average Bonchev–Trinajstić information content (AvgIpc) is 2.60. The monoisotopic (exact) mass is 357 g/mol. The van der Waals surface area contributed by atoms with Gasteiger partial charge in [-0.25, -0.2) is 4.98 Å². The molecule has 3 rings (SSSR count). The largest absolute Gasteiger partial charge is 0.480 e. The van der Waals surface area contributed by atoms with E-state index in [1.807, 2.05) is 16.7 Å². The first-order chi connectivity index (χ1) is 12.0. The van der Waals surface area contributed by atoms with Crippen molar-refractivity contribution < 1.29 is 9.90 Å². The van der Waals surface area contributed by atoms with Gasteiger partial charge in [-0.2, -0.15) is 0 Å². The third-order valence-corrected chi connectivity index (χ3v) is 5.87. The second-order valence-electron chi connectivity index (χ2n) is 6.42. The third-order valence-electron chi connectivity index (χ3n) is 4.52. The zero-order valence-corrected chi connectivity index (χ0v) is 15.1. The molecule has 1 aliphatic heterocycles. The second-order valence-corrected chi connectivity index (χ2v) is 7.80. The molecule has 2 heterocycles. The number of thioether (sulfide) groups is 1. The Morgan fingerprint density at radius 1 is 1.24 bits per heavy atom. The van der Waals surface area contributed by atoms with E-state index >= 15 is 0 Å². The number of carboxylic acid groups (broad SMARTS) is 1. The topological polar surface area (TPSA) is 79.5 Å². The van der Waals surface area contributed by atoms with E-state index in [2.05, 4.69) is 36.2 Å². The Kier molecular flexibility index (Phi) is 5.60. The van der Waals surface area contributed by atoms with Gasteiger partial charge in [0.05, 0.1) is 0 Å². The lowest BCUT2D eigenvalue weighted by atomic mass is 10.0. The molecule has 0 unspecified atom stereocenters. The first-order valence-corrected chi connectivity index (χ1v) is 9.32. The van der Waals surface area contributed by atoms with E-state index in [0.717, 1.165) is 25.9 Å². The van der Waals surface area contributed by atoms with E-state index in [4.69, 9.17) is 5.73 Å². The van der Waals surface area contributed by atoms with Crippen molar-refractivity contribution in [3.63, 3.8) is 0 Å². The molecular formula is C19H23N3O2S. The van der Waals surface area contributed by atoms with Crippen molar-refractivity contribution in [3.05, 3.63) is 53.7 Å². The summed E-state index contributed by atoms with van der Waals surface area (Å²) in [5.41, 5.74) is 7.56. The fourth-order valence-corrected chi connectivity index (χ4v) is 4.27. The molecule has 1 fully saturated rings. The van der Waals surface area contributed by atoms with Crippen molar-refractivity contribution in [3.8, 4) is 0 Å². The molecule has 5 nitrogen and oxygen atoms in total. The number of carboxylic acids is 1. The number of pyridine rings is 1. The highest BCUT2D eigenvalue weighted by molar-refractivity contribution is 8.00. The van der Waals surface area contributed by atoms with Gasteiger partial charge in [0.2, 0.25) is 0 Å². The van der Waals surface area contributed by atoms with Crippen molar-refractivity contribution in [1.82, 2.24) is 9.88 Å². The van der Waals surface area contributed by atoms with Gasteiger partial charge in [0, 0.05) is 29.4 Å². The maximum absolute atomic E-state index is 11.8. The van der Waals surface area contributed by atoms with Gasteiger partial charge in [0.15, 0.2) is 0 Å². The molecule has 1 saturated heterocycles. The van der Waals surface area contributed by atoms with Gasteiger partial charge in [-0.3, -0.25) is 9.69 Å². The molecule has 0 spiro atoms. The van der Waals surface area contributed by atoms with Gasteiger partial charge in [-0.1, -0.05) is 23.8 Å². The van der Waals surface area contributed by atoms with Crippen LogP contribution in [0.25, 0.3) is 0 Å². The average molecular weight is 357 g/mol. The normalized spacial score (nSPS) is 17.3. The number of anilines is 1. The zero-order valence-electron chi connectivity index (χ0n) is 14.3. The summed E-state index contributed by atoms with van der Waals surface area (Å²) in [6.07, 6.45) is 3.52. The smallest absolute Gasteiger partial charge is 0.325 e. The molecule has 1 aromatic heterocycles. The molecule has 0 bridgehead atoms. The van der Waals surface area contributed by atoms with E-state index < -0.39 is 12.0 Å². The quantitative estimate of drug-likeness (QED) is 0.854. The van der Waals surface area contributed by atoms with Crippen LogP contribution in [0.5, 0.6) is 0 Å². The number of rotatable bonds is 5. The van der Waals surface area contributed by atoms with Gasteiger partial charge in [-0.05, 0) is 43.5 Å². The lowest BCUT2D eigenvalue weighted by Gasteiger charge is -2.35. The molecule has 1 atom stereocenters. The minimum atomic E-state index is -0.837. The summed E-state index contributed by atoms with van der Waals surface area (Å²) in [6.45, 7) is 3.63. The van der Waals surface area contributed by atoms with Crippen LogP contribution in [0.2, 0.25) is 0 Å². The van der Waals surface area contributed by atoms with E-state index in [-0.39, 0.29) is 0 Å². The summed E-state index contributed by atoms with van der Waals surface area (Å²) >= 11 is 1.89. The van der Waals surface area contributed by atoms with Crippen molar-refractivity contribution in [1.29, 1.82) is 0 Å². The maximum atomic E-state index is 11.8. The number of piperidine rings is 1. The standard InChI is InChI=1S/C19H23N3O2S/c1-13-2-5-15(6-3-13)25-16-8-10-22(11-9-16)18(19(23)24)14-4-7-17(20)21-12-14/h2-7,12,16,18H,8-11H2,1H3,(H2,20,21)(H,23,24)/t18-/m0/s1. The number of likely N-dealkylation sites (tertiary alicyclic amines) is 1. The number of aryl methyl sites for hydroxylation is 1. The first-order valence-electron chi connectivity index (χ1n) is 8.44.